The molecule has 2 nitrogen and oxygen atoms in total. The average molecular weight is 178 g/mol. The van der Waals surface area contributed by atoms with E-state index in [0.717, 1.165) is 12.8 Å². The first-order chi connectivity index (χ1) is 4.72. The van der Waals surface area contributed by atoms with Crippen LogP contribution in [0.4, 0.5) is 0 Å². The molecule has 0 saturated carbocycles. The molecule has 0 bridgehead atoms. The van der Waals surface area contributed by atoms with E-state index < -0.39 is 0 Å². The molecule has 0 radical (unpaired) electrons. The van der Waals surface area contributed by atoms with Crippen molar-refractivity contribution in [1.82, 2.24) is 0 Å². The zero-order valence-corrected chi connectivity index (χ0v) is 9.14. The third kappa shape index (κ3) is 6.30. The molecule has 0 N–H and O–H groups in total. The van der Waals surface area contributed by atoms with Crippen molar-refractivity contribution in [3.63, 3.8) is 0 Å². The van der Waals surface area contributed by atoms with Gasteiger partial charge in [0.15, 0.2) is 0 Å². The van der Waals surface area contributed by atoms with Gasteiger partial charge >= 0.3 is 5.97 Å². The van der Waals surface area contributed by atoms with Gasteiger partial charge in [-0.2, -0.15) is 9.90 Å². The van der Waals surface area contributed by atoms with Crippen molar-refractivity contribution >= 4 is 15.9 Å². The summed E-state index contributed by atoms with van der Waals surface area (Å²) in [6.07, 6.45) is 1.97. The highest BCUT2D eigenvalue weighted by molar-refractivity contribution is 6.92. The fourth-order valence-corrected chi connectivity index (χ4v) is 0.835. The molecular weight excluding hydrogens is 159 g/mol. The highest BCUT2D eigenvalue weighted by Crippen LogP contribution is 2.06. The smallest absolute Gasteiger partial charge is 0.308 e. The first-order valence-corrected chi connectivity index (χ1v) is 3.89. The van der Waals surface area contributed by atoms with Gasteiger partial charge in [-0.1, -0.05) is 20.3 Å². The Morgan fingerprint density at radius 3 is 2.36 bits per heavy atom. The minimum Gasteiger partial charge on any atom is -0.466 e. The maximum Gasteiger partial charge on any atom is 0.308 e. The van der Waals surface area contributed by atoms with Crippen molar-refractivity contribution in [2.75, 3.05) is 6.61 Å². The van der Waals surface area contributed by atoms with Crippen molar-refractivity contribution in [2.45, 2.75) is 33.6 Å². The summed E-state index contributed by atoms with van der Waals surface area (Å²) in [5.41, 5.74) is 0. The maximum atomic E-state index is 10.9. The van der Waals surface area contributed by atoms with Crippen molar-refractivity contribution in [1.29, 1.82) is 0 Å². The molecule has 0 aliphatic rings. The predicted molar refractivity (Wildman–Crippen MR) is 51.8 cm³/mol. The summed E-state index contributed by atoms with van der Waals surface area (Å²) in [5.74, 6) is 0.00861. The van der Waals surface area contributed by atoms with Gasteiger partial charge in [0.05, 0.1) is 12.5 Å². The molecule has 11 heavy (non-hydrogen) atoms. The van der Waals surface area contributed by atoms with Gasteiger partial charge in [0, 0.05) is 0 Å². The minimum atomic E-state index is -0.0654. The summed E-state index contributed by atoms with van der Waals surface area (Å²) in [5, 5.41) is 0. The van der Waals surface area contributed by atoms with Gasteiger partial charge in [-0.25, -0.2) is 0 Å². The number of ether oxygens (including phenoxy) is 1. The summed E-state index contributed by atoms with van der Waals surface area (Å²) < 4.78 is 4.82. The average Bonchev–Trinajstić information content (AvgIpc) is 1.89. The van der Waals surface area contributed by atoms with Gasteiger partial charge < -0.3 is 4.74 Å². The number of rotatable bonds is 4. The summed E-state index contributed by atoms with van der Waals surface area (Å²) in [7, 11) is 0. The van der Waals surface area contributed by atoms with Gasteiger partial charge in [0.2, 0.25) is 0 Å². The minimum absolute atomic E-state index is 0. The molecule has 2 atom stereocenters. The van der Waals surface area contributed by atoms with Gasteiger partial charge in [0.1, 0.15) is 0 Å². The molecule has 0 heterocycles. The van der Waals surface area contributed by atoms with E-state index >= 15 is 0 Å². The SMILES string of the molecule is CCCC(C)C(=O)OCC.P. The molecule has 0 rings (SSSR count). The molecule has 0 aliphatic heterocycles. The van der Waals surface area contributed by atoms with Crippen molar-refractivity contribution < 1.29 is 9.53 Å². The zero-order valence-electron chi connectivity index (χ0n) is 7.72. The molecule has 3 heteroatoms. The Morgan fingerprint density at radius 1 is 1.45 bits per heavy atom. The van der Waals surface area contributed by atoms with Crippen LogP contribution in [0.3, 0.4) is 0 Å². The molecule has 0 amide bonds. The second-order valence-electron chi connectivity index (χ2n) is 2.44. The van der Waals surface area contributed by atoms with Crippen LogP contribution in [0, 0.1) is 5.92 Å². The number of carbonyl (C=O) groups is 1. The lowest BCUT2D eigenvalue weighted by atomic mass is 10.1. The molecule has 0 aromatic carbocycles. The number of hydrogen-bond donors (Lipinski definition) is 0. The topological polar surface area (TPSA) is 26.3 Å². The first-order valence-electron chi connectivity index (χ1n) is 3.89. The Balaban J connectivity index is 0. The zero-order chi connectivity index (χ0) is 7.98. The molecule has 0 aromatic heterocycles. The van der Waals surface area contributed by atoms with Crippen LogP contribution in [0.2, 0.25) is 0 Å². The Kier molecular flexibility index (Phi) is 9.81. The quantitative estimate of drug-likeness (QED) is 0.486. The van der Waals surface area contributed by atoms with Crippen LogP contribution in [0.25, 0.3) is 0 Å². The van der Waals surface area contributed by atoms with Crippen LogP contribution in [-0.2, 0) is 9.53 Å². The molecular formula is C8H19O2P. The molecule has 2 unspecified atom stereocenters. The Morgan fingerprint density at radius 2 is 2.00 bits per heavy atom. The highest BCUT2D eigenvalue weighted by Gasteiger charge is 2.11. The second kappa shape index (κ2) is 8.00. The van der Waals surface area contributed by atoms with E-state index in [0.29, 0.717) is 6.61 Å². The third-order valence-corrected chi connectivity index (χ3v) is 1.41. The molecule has 0 fully saturated rings. The van der Waals surface area contributed by atoms with Gasteiger partial charge in [-0.3, -0.25) is 4.79 Å². The Bertz CT molecular complexity index is 104. The van der Waals surface area contributed by atoms with Gasteiger partial charge in [-0.15, -0.1) is 0 Å². The summed E-state index contributed by atoms with van der Waals surface area (Å²) >= 11 is 0. The van der Waals surface area contributed by atoms with Gasteiger partial charge in [0.25, 0.3) is 0 Å². The third-order valence-electron chi connectivity index (χ3n) is 1.41. The van der Waals surface area contributed by atoms with Gasteiger partial charge in [-0.05, 0) is 13.3 Å². The van der Waals surface area contributed by atoms with E-state index in [1.807, 2.05) is 13.8 Å². The lowest BCUT2D eigenvalue weighted by molar-refractivity contribution is -0.147. The van der Waals surface area contributed by atoms with E-state index in [1.165, 1.54) is 0 Å². The molecule has 0 saturated heterocycles. The fraction of sp³-hybridized carbons (Fsp3) is 0.875. The summed E-state index contributed by atoms with van der Waals surface area (Å²) in [4.78, 5) is 10.9. The standard InChI is InChI=1S/C8H16O2.H3P/c1-4-6-7(3)8(9)10-5-2;/h7H,4-6H2,1-3H3;1H3. The van der Waals surface area contributed by atoms with E-state index in [-0.39, 0.29) is 21.8 Å². The monoisotopic (exact) mass is 178 g/mol. The van der Waals surface area contributed by atoms with Crippen molar-refractivity contribution in [3.8, 4) is 0 Å². The first kappa shape index (κ1) is 13.5. The molecule has 68 valence electrons. The number of carbonyl (C=O) groups excluding carboxylic acids is 1. The Hall–Kier alpha value is -0.100. The van der Waals surface area contributed by atoms with Crippen LogP contribution in [0.15, 0.2) is 0 Å². The maximum absolute atomic E-state index is 10.9. The largest absolute Gasteiger partial charge is 0.466 e. The molecule has 0 aliphatic carbocycles. The lowest BCUT2D eigenvalue weighted by Crippen LogP contribution is -2.14. The van der Waals surface area contributed by atoms with Crippen molar-refractivity contribution in [2.24, 2.45) is 5.92 Å². The number of esters is 1. The molecule has 0 spiro atoms. The molecule has 0 aromatic rings. The normalized spacial score (nSPS) is 11.5. The van der Waals surface area contributed by atoms with Crippen LogP contribution < -0.4 is 0 Å². The van der Waals surface area contributed by atoms with Crippen molar-refractivity contribution in [3.05, 3.63) is 0 Å². The fourth-order valence-electron chi connectivity index (χ4n) is 0.835. The van der Waals surface area contributed by atoms with Crippen LogP contribution in [0.1, 0.15) is 33.6 Å². The van der Waals surface area contributed by atoms with Crippen LogP contribution in [-0.4, -0.2) is 12.6 Å². The van der Waals surface area contributed by atoms with E-state index in [9.17, 15) is 4.79 Å². The van der Waals surface area contributed by atoms with Crippen LogP contribution in [0.5, 0.6) is 0 Å². The van der Waals surface area contributed by atoms with E-state index in [4.69, 9.17) is 4.74 Å². The van der Waals surface area contributed by atoms with E-state index in [2.05, 4.69) is 6.92 Å². The highest BCUT2D eigenvalue weighted by atomic mass is 31.0. The van der Waals surface area contributed by atoms with E-state index in [1.54, 1.807) is 0 Å². The van der Waals surface area contributed by atoms with Crippen LogP contribution >= 0.6 is 9.90 Å². The second-order valence-corrected chi connectivity index (χ2v) is 2.44. The number of hydrogen-bond acceptors (Lipinski definition) is 2. The lowest BCUT2D eigenvalue weighted by Gasteiger charge is -2.07. The summed E-state index contributed by atoms with van der Waals surface area (Å²) in [6.45, 7) is 6.29. The predicted octanol–water partition coefficient (Wildman–Crippen LogP) is 2.04. The summed E-state index contributed by atoms with van der Waals surface area (Å²) in [6, 6.07) is 0. The Labute approximate surface area is 72.3 Å².